The molecule has 33 heavy (non-hydrogen) atoms. The molecule has 0 bridgehead atoms. The summed E-state index contributed by atoms with van der Waals surface area (Å²) < 4.78 is 0. The number of hydrogen-bond acceptors (Lipinski definition) is 9. The standard InChI is InChI=1S/C13H12Cl2N4S.C7H9Cl2N3S/c1-2-8-20-13-16-11(14)10(12(15)17-13)19-18-9-6-4-3-5-7-9;1-2-3-13-7-11-5(8)4(10)6(9)12-7/h3-7H,2,8H2,1H3;2-3,10H2,1H3. The molecule has 0 spiro atoms. The SMILES string of the molecule is CCCSc1nc(Cl)c(N)c(Cl)n1.CCCSc1nc(Cl)c(N=Nc2ccccc2)c(Cl)n1. The van der Waals surface area contributed by atoms with Crippen molar-refractivity contribution in [2.45, 2.75) is 37.0 Å². The zero-order valence-electron chi connectivity index (χ0n) is 17.8. The van der Waals surface area contributed by atoms with Crippen molar-refractivity contribution in [2.24, 2.45) is 10.2 Å². The Bertz CT molecular complexity index is 1030. The van der Waals surface area contributed by atoms with E-state index in [0.717, 1.165) is 24.3 Å². The number of nitrogen functional groups attached to an aromatic ring is 1. The van der Waals surface area contributed by atoms with E-state index in [0.29, 0.717) is 16.0 Å². The molecule has 1 aromatic carbocycles. The molecule has 176 valence electrons. The van der Waals surface area contributed by atoms with E-state index in [4.69, 9.17) is 52.1 Å². The molecule has 0 radical (unpaired) electrons. The van der Waals surface area contributed by atoms with Crippen LogP contribution >= 0.6 is 69.9 Å². The number of nitrogens with two attached hydrogens (primary N) is 1. The molecular weight excluding hydrogens is 544 g/mol. The van der Waals surface area contributed by atoms with Crippen molar-refractivity contribution in [1.29, 1.82) is 0 Å². The first-order chi connectivity index (χ1) is 15.8. The molecule has 0 atom stereocenters. The zero-order chi connectivity index (χ0) is 24.2. The van der Waals surface area contributed by atoms with E-state index >= 15 is 0 Å². The van der Waals surface area contributed by atoms with Gasteiger partial charge in [-0.2, -0.15) is 5.11 Å². The molecule has 0 fully saturated rings. The first-order valence-electron chi connectivity index (χ1n) is 9.79. The van der Waals surface area contributed by atoms with Gasteiger partial charge in [0.15, 0.2) is 36.6 Å². The number of hydrogen-bond donors (Lipinski definition) is 1. The van der Waals surface area contributed by atoms with Crippen molar-refractivity contribution < 1.29 is 0 Å². The predicted octanol–water partition coefficient (Wildman–Crippen LogP) is 8.57. The molecule has 7 nitrogen and oxygen atoms in total. The number of benzene rings is 1. The van der Waals surface area contributed by atoms with Crippen LogP contribution in [0.25, 0.3) is 0 Å². The van der Waals surface area contributed by atoms with Crippen LogP contribution in [0.3, 0.4) is 0 Å². The number of aromatic nitrogens is 4. The quantitative estimate of drug-likeness (QED) is 0.126. The van der Waals surface area contributed by atoms with Crippen molar-refractivity contribution in [3.05, 3.63) is 50.9 Å². The molecule has 13 heteroatoms. The minimum Gasteiger partial charge on any atom is -0.394 e. The van der Waals surface area contributed by atoms with Crippen LogP contribution < -0.4 is 5.73 Å². The summed E-state index contributed by atoms with van der Waals surface area (Å²) in [4.78, 5) is 16.3. The second-order valence-corrected chi connectivity index (χ2v) is 9.73. The monoisotopic (exact) mass is 563 g/mol. The Labute approximate surface area is 221 Å². The normalized spacial score (nSPS) is 10.8. The van der Waals surface area contributed by atoms with Crippen molar-refractivity contribution in [3.8, 4) is 0 Å². The number of thioether (sulfide) groups is 2. The zero-order valence-corrected chi connectivity index (χ0v) is 22.5. The van der Waals surface area contributed by atoms with E-state index in [1.165, 1.54) is 23.5 Å². The molecule has 0 unspecified atom stereocenters. The molecule has 0 amide bonds. The maximum absolute atomic E-state index is 6.08. The second kappa shape index (κ2) is 14.8. The Morgan fingerprint density at radius 2 is 1.18 bits per heavy atom. The van der Waals surface area contributed by atoms with E-state index in [-0.39, 0.29) is 32.0 Å². The number of anilines is 1. The van der Waals surface area contributed by atoms with Gasteiger partial charge >= 0.3 is 0 Å². The molecule has 2 aromatic heterocycles. The van der Waals surface area contributed by atoms with Crippen molar-refractivity contribution in [2.75, 3.05) is 17.2 Å². The summed E-state index contributed by atoms with van der Waals surface area (Å²) in [5.74, 6) is 1.86. The van der Waals surface area contributed by atoms with Crippen molar-refractivity contribution in [1.82, 2.24) is 19.9 Å². The van der Waals surface area contributed by atoms with Crippen molar-refractivity contribution in [3.63, 3.8) is 0 Å². The number of halogens is 4. The Morgan fingerprint density at radius 1 is 0.727 bits per heavy atom. The van der Waals surface area contributed by atoms with Gasteiger partial charge in [-0.1, -0.05) is 102 Å². The lowest BCUT2D eigenvalue weighted by Gasteiger charge is -2.03. The van der Waals surface area contributed by atoms with Gasteiger partial charge in [0.1, 0.15) is 5.69 Å². The third-order valence-electron chi connectivity index (χ3n) is 3.50. The Morgan fingerprint density at radius 3 is 1.64 bits per heavy atom. The summed E-state index contributed by atoms with van der Waals surface area (Å²) in [7, 11) is 0. The highest BCUT2D eigenvalue weighted by atomic mass is 35.5. The summed E-state index contributed by atoms with van der Waals surface area (Å²) >= 11 is 26.6. The first-order valence-corrected chi connectivity index (χ1v) is 13.3. The van der Waals surface area contributed by atoms with Crippen LogP contribution in [0, 0.1) is 0 Å². The van der Waals surface area contributed by atoms with Gasteiger partial charge < -0.3 is 5.73 Å². The summed E-state index contributed by atoms with van der Waals surface area (Å²) in [6.07, 6.45) is 2.08. The van der Waals surface area contributed by atoms with Gasteiger partial charge in [-0.25, -0.2) is 19.9 Å². The van der Waals surface area contributed by atoms with Crippen LogP contribution in [0.15, 0.2) is 50.9 Å². The predicted molar refractivity (Wildman–Crippen MR) is 141 cm³/mol. The lowest BCUT2D eigenvalue weighted by atomic mass is 10.3. The fourth-order valence-corrected chi connectivity index (χ4v) is 4.43. The Hall–Kier alpha value is -1.36. The fourth-order valence-electron chi connectivity index (χ4n) is 1.98. The molecule has 0 saturated carbocycles. The van der Waals surface area contributed by atoms with Gasteiger partial charge in [-0.3, -0.25) is 0 Å². The van der Waals surface area contributed by atoms with Crippen LogP contribution in [-0.2, 0) is 0 Å². The van der Waals surface area contributed by atoms with Gasteiger partial charge in [0.05, 0.1) is 5.69 Å². The average molecular weight is 565 g/mol. The maximum Gasteiger partial charge on any atom is 0.190 e. The third-order valence-corrected chi connectivity index (χ3v) is 6.71. The Balaban J connectivity index is 0.000000257. The smallest absolute Gasteiger partial charge is 0.190 e. The van der Waals surface area contributed by atoms with Gasteiger partial charge in [0.25, 0.3) is 0 Å². The lowest BCUT2D eigenvalue weighted by Crippen LogP contribution is -1.96. The number of azo groups is 1. The van der Waals surface area contributed by atoms with Crippen LogP contribution in [0.4, 0.5) is 17.1 Å². The third kappa shape index (κ3) is 9.42. The Kier molecular flexibility index (Phi) is 12.5. The molecule has 3 rings (SSSR count). The molecule has 0 aliphatic carbocycles. The van der Waals surface area contributed by atoms with E-state index in [1.807, 2.05) is 30.3 Å². The summed E-state index contributed by atoms with van der Waals surface area (Å²) in [6, 6.07) is 9.31. The van der Waals surface area contributed by atoms with Gasteiger partial charge in [0.2, 0.25) is 0 Å². The topological polar surface area (TPSA) is 102 Å². The molecule has 3 aromatic rings. The largest absolute Gasteiger partial charge is 0.394 e. The van der Waals surface area contributed by atoms with Gasteiger partial charge in [-0.05, 0) is 25.0 Å². The molecule has 0 aliphatic heterocycles. The highest BCUT2D eigenvalue weighted by Crippen LogP contribution is 2.33. The molecule has 0 aliphatic rings. The summed E-state index contributed by atoms with van der Waals surface area (Å²) in [5.41, 5.74) is 6.72. The number of nitrogens with zero attached hydrogens (tertiary/aromatic N) is 6. The van der Waals surface area contributed by atoms with Crippen LogP contribution in [0.1, 0.15) is 26.7 Å². The van der Waals surface area contributed by atoms with Gasteiger partial charge in [-0.15, -0.1) is 5.11 Å². The first kappa shape index (κ1) is 27.9. The summed E-state index contributed by atoms with van der Waals surface area (Å²) in [5, 5.41) is 10.1. The van der Waals surface area contributed by atoms with E-state index in [1.54, 1.807) is 0 Å². The highest BCUT2D eigenvalue weighted by Gasteiger charge is 2.11. The van der Waals surface area contributed by atoms with E-state index in [2.05, 4.69) is 44.0 Å². The summed E-state index contributed by atoms with van der Waals surface area (Å²) in [6.45, 7) is 4.16. The number of rotatable bonds is 8. The average Bonchev–Trinajstić information content (AvgIpc) is 2.80. The van der Waals surface area contributed by atoms with E-state index in [9.17, 15) is 0 Å². The van der Waals surface area contributed by atoms with E-state index < -0.39 is 0 Å². The van der Waals surface area contributed by atoms with Crippen LogP contribution in [0.2, 0.25) is 20.6 Å². The molecule has 2 heterocycles. The lowest BCUT2D eigenvalue weighted by molar-refractivity contribution is 0.955. The van der Waals surface area contributed by atoms with Gasteiger partial charge in [0, 0.05) is 11.5 Å². The minimum atomic E-state index is 0.211. The van der Waals surface area contributed by atoms with Crippen LogP contribution in [-0.4, -0.2) is 31.4 Å². The molecule has 0 saturated heterocycles. The fraction of sp³-hybridized carbons (Fsp3) is 0.300. The second-order valence-electron chi connectivity index (χ2n) is 6.17. The van der Waals surface area contributed by atoms with Crippen LogP contribution in [0.5, 0.6) is 0 Å². The molecular formula is C20H21Cl4N7S2. The highest BCUT2D eigenvalue weighted by molar-refractivity contribution is 7.99. The maximum atomic E-state index is 6.08. The van der Waals surface area contributed by atoms with Crippen molar-refractivity contribution >= 4 is 87.0 Å². The molecule has 2 N–H and O–H groups in total. The minimum absolute atomic E-state index is 0.211.